The van der Waals surface area contributed by atoms with Gasteiger partial charge in [-0.1, -0.05) is 35.3 Å². The zero-order valence-corrected chi connectivity index (χ0v) is 12.8. The summed E-state index contributed by atoms with van der Waals surface area (Å²) in [5.74, 6) is 0.622. The third kappa shape index (κ3) is 3.16. The van der Waals surface area contributed by atoms with E-state index in [0.29, 0.717) is 28.1 Å². The molecule has 112 valence electrons. The van der Waals surface area contributed by atoms with E-state index in [0.717, 1.165) is 5.56 Å². The van der Waals surface area contributed by atoms with Crippen molar-refractivity contribution in [2.24, 2.45) is 0 Å². The Hall–Kier alpha value is -2.24. The molecule has 0 aliphatic rings. The summed E-state index contributed by atoms with van der Waals surface area (Å²) in [6.45, 7) is 0.305. The zero-order chi connectivity index (χ0) is 15.5. The van der Waals surface area contributed by atoms with Crippen LogP contribution in [0.2, 0.25) is 10.0 Å². The van der Waals surface area contributed by atoms with Crippen LogP contribution in [0, 0.1) is 0 Å². The standard InChI is InChI=1S/C15H11Cl2N3O2/c16-11-5-4-10(14(17)6-11)8-22-13-3-1-2-12(7-13)20-9-18-19-15(20)21/h1-7,9H,8H2,(H,19,21). The first-order valence-electron chi connectivity index (χ1n) is 6.43. The number of nitrogens with one attached hydrogen (secondary N) is 1. The van der Waals surface area contributed by atoms with Crippen LogP contribution in [0.5, 0.6) is 5.75 Å². The predicted octanol–water partition coefficient (Wildman–Crippen LogP) is 3.45. The zero-order valence-electron chi connectivity index (χ0n) is 11.3. The van der Waals surface area contributed by atoms with E-state index in [2.05, 4.69) is 10.2 Å². The predicted molar refractivity (Wildman–Crippen MR) is 85.0 cm³/mol. The number of hydrogen-bond acceptors (Lipinski definition) is 3. The number of hydrogen-bond donors (Lipinski definition) is 1. The molecular formula is C15H11Cl2N3O2. The van der Waals surface area contributed by atoms with E-state index < -0.39 is 0 Å². The van der Waals surface area contributed by atoms with Gasteiger partial charge in [-0.2, -0.15) is 5.10 Å². The first-order valence-corrected chi connectivity index (χ1v) is 7.18. The van der Waals surface area contributed by atoms with E-state index >= 15 is 0 Å². The number of aromatic nitrogens is 3. The molecule has 0 fully saturated rings. The van der Waals surface area contributed by atoms with Crippen molar-refractivity contribution in [3.63, 3.8) is 0 Å². The van der Waals surface area contributed by atoms with Gasteiger partial charge in [0.2, 0.25) is 0 Å². The molecular weight excluding hydrogens is 325 g/mol. The fraction of sp³-hybridized carbons (Fsp3) is 0.0667. The van der Waals surface area contributed by atoms with Gasteiger partial charge in [0.05, 0.1) is 5.69 Å². The van der Waals surface area contributed by atoms with Crippen molar-refractivity contribution >= 4 is 23.2 Å². The second kappa shape index (κ2) is 6.25. The van der Waals surface area contributed by atoms with E-state index in [1.807, 2.05) is 6.07 Å². The van der Waals surface area contributed by atoms with Gasteiger partial charge in [-0.15, -0.1) is 0 Å². The minimum atomic E-state index is -0.308. The van der Waals surface area contributed by atoms with Crippen molar-refractivity contribution < 1.29 is 4.74 Å². The highest BCUT2D eigenvalue weighted by molar-refractivity contribution is 6.35. The normalized spacial score (nSPS) is 10.6. The maximum Gasteiger partial charge on any atom is 0.347 e. The first kappa shape index (κ1) is 14.7. The van der Waals surface area contributed by atoms with E-state index in [9.17, 15) is 4.79 Å². The second-order valence-corrected chi connectivity index (χ2v) is 5.40. The Kier molecular flexibility index (Phi) is 4.18. The lowest BCUT2D eigenvalue weighted by Gasteiger charge is -2.09. The first-order chi connectivity index (χ1) is 10.6. The van der Waals surface area contributed by atoms with Gasteiger partial charge in [0, 0.05) is 21.7 Å². The van der Waals surface area contributed by atoms with Crippen LogP contribution in [-0.2, 0) is 6.61 Å². The molecule has 0 atom stereocenters. The van der Waals surface area contributed by atoms with E-state index in [-0.39, 0.29) is 5.69 Å². The summed E-state index contributed by atoms with van der Waals surface area (Å²) in [6.07, 6.45) is 1.41. The SMILES string of the molecule is O=c1[nH]ncn1-c1cccc(OCc2ccc(Cl)cc2Cl)c1. The molecule has 1 heterocycles. The number of aromatic amines is 1. The van der Waals surface area contributed by atoms with Crippen LogP contribution in [0.1, 0.15) is 5.56 Å². The molecule has 0 saturated heterocycles. The van der Waals surface area contributed by atoms with E-state index in [1.165, 1.54) is 10.9 Å². The average molecular weight is 336 g/mol. The van der Waals surface area contributed by atoms with Crippen molar-refractivity contribution in [1.82, 2.24) is 14.8 Å². The third-order valence-electron chi connectivity index (χ3n) is 3.06. The number of H-pyrrole nitrogens is 1. The lowest BCUT2D eigenvalue weighted by Crippen LogP contribution is -2.14. The number of ether oxygens (including phenoxy) is 1. The van der Waals surface area contributed by atoms with Crippen LogP contribution < -0.4 is 10.4 Å². The molecule has 22 heavy (non-hydrogen) atoms. The molecule has 5 nitrogen and oxygen atoms in total. The van der Waals surface area contributed by atoms with Crippen LogP contribution >= 0.6 is 23.2 Å². The summed E-state index contributed by atoms with van der Waals surface area (Å²) >= 11 is 12.0. The molecule has 7 heteroatoms. The monoisotopic (exact) mass is 335 g/mol. The smallest absolute Gasteiger partial charge is 0.347 e. The molecule has 0 unspecified atom stereocenters. The Morgan fingerprint density at radius 3 is 2.77 bits per heavy atom. The topological polar surface area (TPSA) is 59.9 Å². The molecule has 0 radical (unpaired) electrons. The van der Waals surface area contributed by atoms with Crippen LogP contribution in [0.4, 0.5) is 0 Å². The molecule has 3 rings (SSSR count). The molecule has 1 N–H and O–H groups in total. The largest absolute Gasteiger partial charge is 0.489 e. The van der Waals surface area contributed by atoms with Crippen molar-refractivity contribution in [1.29, 1.82) is 0 Å². The van der Waals surface area contributed by atoms with Gasteiger partial charge in [-0.3, -0.25) is 0 Å². The summed E-state index contributed by atoms with van der Waals surface area (Å²) in [5, 5.41) is 7.17. The molecule has 1 aromatic heterocycles. The quantitative estimate of drug-likeness (QED) is 0.794. The highest BCUT2D eigenvalue weighted by Gasteiger charge is 2.05. The Morgan fingerprint density at radius 1 is 1.18 bits per heavy atom. The van der Waals surface area contributed by atoms with Gasteiger partial charge in [0.15, 0.2) is 0 Å². The van der Waals surface area contributed by atoms with Crippen LogP contribution in [0.25, 0.3) is 5.69 Å². The lowest BCUT2D eigenvalue weighted by molar-refractivity contribution is 0.306. The summed E-state index contributed by atoms with van der Waals surface area (Å²) < 4.78 is 7.11. The van der Waals surface area contributed by atoms with E-state index in [4.69, 9.17) is 27.9 Å². The van der Waals surface area contributed by atoms with Crippen molar-refractivity contribution in [3.8, 4) is 11.4 Å². The number of halogens is 2. The maximum atomic E-state index is 11.6. The second-order valence-electron chi connectivity index (χ2n) is 4.55. The lowest BCUT2D eigenvalue weighted by atomic mass is 10.2. The van der Waals surface area contributed by atoms with Crippen LogP contribution in [-0.4, -0.2) is 14.8 Å². The minimum absolute atomic E-state index is 0.305. The molecule has 0 aliphatic carbocycles. The van der Waals surface area contributed by atoms with Gasteiger partial charge < -0.3 is 4.74 Å². The Morgan fingerprint density at radius 2 is 2.05 bits per heavy atom. The fourth-order valence-electron chi connectivity index (χ4n) is 1.96. The summed E-state index contributed by atoms with van der Waals surface area (Å²) in [4.78, 5) is 11.6. The third-order valence-corrected chi connectivity index (χ3v) is 3.64. The fourth-order valence-corrected chi connectivity index (χ4v) is 2.42. The molecule has 0 bridgehead atoms. The van der Waals surface area contributed by atoms with Gasteiger partial charge in [0.1, 0.15) is 18.7 Å². The molecule has 0 spiro atoms. The van der Waals surface area contributed by atoms with Gasteiger partial charge in [-0.25, -0.2) is 14.5 Å². The highest BCUT2D eigenvalue weighted by atomic mass is 35.5. The van der Waals surface area contributed by atoms with Crippen LogP contribution in [0.15, 0.2) is 53.6 Å². The van der Waals surface area contributed by atoms with Crippen molar-refractivity contribution in [2.45, 2.75) is 6.61 Å². The molecule has 2 aromatic carbocycles. The van der Waals surface area contributed by atoms with Gasteiger partial charge in [0.25, 0.3) is 0 Å². The van der Waals surface area contributed by atoms with Crippen LogP contribution in [0.3, 0.4) is 0 Å². The summed E-state index contributed by atoms with van der Waals surface area (Å²) in [6, 6.07) is 12.4. The Labute approximate surface area is 136 Å². The van der Waals surface area contributed by atoms with E-state index in [1.54, 1.807) is 36.4 Å². The van der Waals surface area contributed by atoms with Gasteiger partial charge >= 0.3 is 5.69 Å². The van der Waals surface area contributed by atoms with Crippen molar-refractivity contribution in [3.05, 3.63) is 74.9 Å². The molecule has 3 aromatic rings. The maximum absolute atomic E-state index is 11.6. The molecule has 0 aliphatic heterocycles. The van der Waals surface area contributed by atoms with Crippen molar-refractivity contribution in [2.75, 3.05) is 0 Å². The summed E-state index contributed by atoms with van der Waals surface area (Å²) in [5.41, 5.74) is 1.19. The Bertz CT molecular complexity index is 858. The summed E-state index contributed by atoms with van der Waals surface area (Å²) in [7, 11) is 0. The average Bonchev–Trinajstić information content (AvgIpc) is 2.93. The number of benzene rings is 2. The number of nitrogens with zero attached hydrogens (tertiary/aromatic N) is 2. The number of rotatable bonds is 4. The van der Waals surface area contributed by atoms with Gasteiger partial charge in [-0.05, 0) is 24.3 Å². The molecule has 0 amide bonds. The minimum Gasteiger partial charge on any atom is -0.489 e. The highest BCUT2D eigenvalue weighted by Crippen LogP contribution is 2.23. The Balaban J connectivity index is 1.79. The molecule has 0 saturated carbocycles.